The molecule has 0 aliphatic heterocycles. The molecule has 2 aromatic carbocycles. The van der Waals surface area contributed by atoms with E-state index in [2.05, 4.69) is 22.1 Å². The number of esters is 2. The average Bonchev–Trinajstić information content (AvgIpc) is 3.65. The molecular weight excluding hydrogens is 722 g/mol. The van der Waals surface area contributed by atoms with Crippen molar-refractivity contribution in [3.8, 4) is 40.5 Å². The Labute approximate surface area is 315 Å². The van der Waals surface area contributed by atoms with Crippen molar-refractivity contribution in [1.82, 2.24) is 9.97 Å². The van der Waals surface area contributed by atoms with Crippen LogP contribution < -0.4 is 33.4 Å². The van der Waals surface area contributed by atoms with Crippen LogP contribution in [-0.2, 0) is 24.8 Å². The summed E-state index contributed by atoms with van der Waals surface area (Å²) in [5, 5.41) is 21.1. The zero-order valence-electron chi connectivity index (χ0n) is 28.7. The molecule has 53 heavy (non-hydrogen) atoms. The third-order valence-electron chi connectivity index (χ3n) is 7.73. The van der Waals surface area contributed by atoms with E-state index in [1.807, 2.05) is 0 Å². The summed E-state index contributed by atoms with van der Waals surface area (Å²) in [4.78, 5) is 33.9. The second-order valence-corrected chi connectivity index (χ2v) is 13.1. The summed E-state index contributed by atoms with van der Waals surface area (Å²) in [5.74, 6) is -0.353. The number of anilines is 1. The number of carbonyl (C=O) groups is 2. The molecule has 0 amide bonds. The molecule has 278 valence electrons. The molecule has 15 nitrogen and oxygen atoms in total. The monoisotopic (exact) mass is 761 g/mol. The fraction of sp³-hybridized carbons (Fsp3) is 0.333. The molecule has 4 rings (SSSR count). The molecule has 0 bridgehead atoms. The van der Waals surface area contributed by atoms with Gasteiger partial charge in [0.1, 0.15) is 65.9 Å². The Morgan fingerprint density at radius 3 is 2.11 bits per heavy atom. The first-order chi connectivity index (χ1) is 25.6. The minimum atomic E-state index is -1.02. The molecule has 3 atom stereocenters. The van der Waals surface area contributed by atoms with Gasteiger partial charge in [0, 0.05) is 21.9 Å². The predicted octanol–water partition coefficient (Wildman–Crippen LogP) is 3.64. The molecular formula is C36H40ClN9O6S. The number of aromatic nitrogens is 2. The standard InChI is InChI=1S/C36H40ClN9O6S/c37-23-9-5-22(6-10-23)33-45-24(17-50-33)20-53-34-28(16-41)31(27(15-40)32(44)46-34)21-7-11-25(12-8-21)49-18-26(52-36(48)30(43)4-2-14-39)19-51-35(47)29(42)3-1-13-38/h5-12,17,26,29-30H,1-4,13-14,18-20,38-39,42-43H2,(H2,44,46)/t26-,29+,30+/m1/s1. The van der Waals surface area contributed by atoms with Crippen molar-refractivity contribution in [1.29, 1.82) is 10.5 Å². The number of nitriles is 2. The van der Waals surface area contributed by atoms with E-state index >= 15 is 0 Å². The molecule has 2 aromatic heterocycles. The number of carbonyl (C=O) groups excluding carboxylic acids is 2. The van der Waals surface area contributed by atoms with Crippen LogP contribution in [0, 0.1) is 22.7 Å². The second-order valence-electron chi connectivity index (χ2n) is 11.7. The van der Waals surface area contributed by atoms with Crippen molar-refractivity contribution in [2.24, 2.45) is 22.9 Å². The van der Waals surface area contributed by atoms with Gasteiger partial charge in [-0.3, -0.25) is 9.59 Å². The quantitative estimate of drug-likeness (QED) is 0.0673. The Morgan fingerprint density at radius 2 is 1.49 bits per heavy atom. The highest BCUT2D eigenvalue weighted by atomic mass is 35.5. The number of ether oxygens (including phenoxy) is 3. The topological polar surface area (TPSA) is 278 Å². The number of nitrogens with two attached hydrogens (primary N) is 5. The maximum Gasteiger partial charge on any atom is 0.323 e. The van der Waals surface area contributed by atoms with E-state index in [0.29, 0.717) is 83.0 Å². The third kappa shape index (κ3) is 11.4. The highest BCUT2D eigenvalue weighted by Gasteiger charge is 2.25. The number of rotatable bonds is 19. The van der Waals surface area contributed by atoms with E-state index in [9.17, 15) is 20.1 Å². The molecule has 0 unspecified atom stereocenters. The maximum absolute atomic E-state index is 12.7. The molecule has 17 heteroatoms. The smallest absolute Gasteiger partial charge is 0.323 e. The molecule has 2 heterocycles. The average molecular weight is 762 g/mol. The van der Waals surface area contributed by atoms with Gasteiger partial charge in [0.2, 0.25) is 5.89 Å². The highest BCUT2D eigenvalue weighted by Crippen LogP contribution is 2.37. The van der Waals surface area contributed by atoms with Crippen molar-refractivity contribution in [2.45, 2.75) is 54.6 Å². The van der Waals surface area contributed by atoms with E-state index in [-0.39, 0.29) is 30.2 Å². The number of halogens is 1. The van der Waals surface area contributed by atoms with Gasteiger partial charge in [0.25, 0.3) is 0 Å². The van der Waals surface area contributed by atoms with Crippen molar-refractivity contribution < 1.29 is 28.2 Å². The Balaban J connectivity index is 1.49. The first kappa shape index (κ1) is 40.6. The minimum absolute atomic E-state index is 0.0375. The molecule has 0 aliphatic carbocycles. The van der Waals surface area contributed by atoms with Crippen molar-refractivity contribution >= 4 is 41.1 Å². The fourth-order valence-corrected chi connectivity index (χ4v) is 5.90. The van der Waals surface area contributed by atoms with Crippen LogP contribution in [0.5, 0.6) is 5.75 Å². The van der Waals surface area contributed by atoms with Gasteiger partial charge in [-0.1, -0.05) is 35.5 Å². The van der Waals surface area contributed by atoms with Crippen molar-refractivity contribution in [3.05, 3.63) is 76.6 Å². The zero-order valence-corrected chi connectivity index (χ0v) is 30.3. The van der Waals surface area contributed by atoms with Crippen LogP contribution >= 0.6 is 23.4 Å². The minimum Gasteiger partial charge on any atom is -0.490 e. The zero-order chi connectivity index (χ0) is 38.3. The number of thioether (sulfide) groups is 1. The van der Waals surface area contributed by atoms with Gasteiger partial charge in [0.15, 0.2) is 6.10 Å². The van der Waals surface area contributed by atoms with Crippen LogP contribution in [0.15, 0.2) is 64.2 Å². The number of hydrogen-bond acceptors (Lipinski definition) is 16. The van der Waals surface area contributed by atoms with Crippen LogP contribution in [0.4, 0.5) is 5.82 Å². The van der Waals surface area contributed by atoms with Crippen LogP contribution in [-0.4, -0.2) is 66.4 Å². The predicted molar refractivity (Wildman–Crippen MR) is 199 cm³/mol. The SMILES string of the molecule is N#Cc1c(N)nc(SCc2coc(-c3ccc(Cl)cc3)n2)c(C#N)c1-c1ccc(OC[C@H](COC(=O)[C@@H](N)CCCN)OC(=O)[C@@H](N)CCCN)cc1. The maximum atomic E-state index is 12.7. The first-order valence-corrected chi connectivity index (χ1v) is 17.9. The van der Waals surface area contributed by atoms with Gasteiger partial charge in [-0.15, -0.1) is 0 Å². The van der Waals surface area contributed by atoms with Gasteiger partial charge in [-0.25, -0.2) is 9.97 Å². The summed E-state index contributed by atoms with van der Waals surface area (Å²) in [6.45, 7) is 0.204. The number of oxazole rings is 1. The van der Waals surface area contributed by atoms with Crippen LogP contribution in [0.2, 0.25) is 5.02 Å². The normalized spacial score (nSPS) is 12.6. The van der Waals surface area contributed by atoms with Gasteiger partial charge in [-0.2, -0.15) is 10.5 Å². The summed E-state index contributed by atoms with van der Waals surface area (Å²) in [5.41, 5.74) is 31.4. The molecule has 0 saturated carbocycles. The number of nitrogen functional groups attached to an aromatic ring is 1. The van der Waals surface area contributed by atoms with Gasteiger partial charge < -0.3 is 47.3 Å². The Bertz CT molecular complexity index is 1930. The molecule has 4 aromatic rings. The van der Waals surface area contributed by atoms with E-state index in [1.54, 1.807) is 48.5 Å². The lowest BCUT2D eigenvalue weighted by Crippen LogP contribution is -2.40. The molecule has 0 fully saturated rings. The highest BCUT2D eigenvalue weighted by molar-refractivity contribution is 7.98. The van der Waals surface area contributed by atoms with E-state index in [4.69, 9.17) is 58.9 Å². The lowest BCUT2D eigenvalue weighted by Gasteiger charge is -2.21. The fourth-order valence-electron chi connectivity index (χ4n) is 4.90. The number of hydrogen-bond donors (Lipinski definition) is 5. The van der Waals surface area contributed by atoms with E-state index in [1.165, 1.54) is 18.0 Å². The van der Waals surface area contributed by atoms with Crippen LogP contribution in [0.3, 0.4) is 0 Å². The number of pyridine rings is 1. The molecule has 0 spiro atoms. The van der Waals surface area contributed by atoms with Crippen LogP contribution in [0.1, 0.15) is 42.5 Å². The Hall–Kier alpha value is -5.20. The summed E-state index contributed by atoms with van der Waals surface area (Å²) >= 11 is 7.20. The molecule has 10 N–H and O–H groups in total. The third-order valence-corrected chi connectivity index (χ3v) is 8.99. The Morgan fingerprint density at radius 1 is 0.868 bits per heavy atom. The van der Waals surface area contributed by atoms with Gasteiger partial charge >= 0.3 is 11.9 Å². The Kier molecular flexibility index (Phi) is 15.4. The summed E-state index contributed by atoms with van der Waals surface area (Å²) in [7, 11) is 0. The first-order valence-electron chi connectivity index (χ1n) is 16.6. The van der Waals surface area contributed by atoms with Gasteiger partial charge in [0.05, 0.1) is 11.3 Å². The molecule has 0 saturated heterocycles. The summed E-state index contributed by atoms with van der Waals surface area (Å²) in [6.07, 6.45) is 2.21. The largest absolute Gasteiger partial charge is 0.490 e. The van der Waals surface area contributed by atoms with Crippen LogP contribution in [0.25, 0.3) is 22.6 Å². The number of nitrogens with zero attached hydrogens (tertiary/aromatic N) is 4. The molecule has 0 aliphatic rings. The molecule has 0 radical (unpaired) electrons. The lowest BCUT2D eigenvalue weighted by molar-refractivity contribution is -0.162. The lowest BCUT2D eigenvalue weighted by atomic mass is 9.97. The van der Waals surface area contributed by atoms with E-state index in [0.717, 1.165) is 5.56 Å². The van der Waals surface area contributed by atoms with E-state index < -0.39 is 30.1 Å². The number of benzene rings is 2. The van der Waals surface area contributed by atoms with Crippen molar-refractivity contribution in [2.75, 3.05) is 32.0 Å². The second kappa shape index (κ2) is 20.1. The van der Waals surface area contributed by atoms with Crippen molar-refractivity contribution in [3.63, 3.8) is 0 Å². The van der Waals surface area contributed by atoms with Gasteiger partial charge in [-0.05, 0) is 80.7 Å². The summed E-state index contributed by atoms with van der Waals surface area (Å²) in [6, 6.07) is 16.0. The summed E-state index contributed by atoms with van der Waals surface area (Å²) < 4.78 is 22.4.